The lowest BCUT2D eigenvalue weighted by molar-refractivity contribution is -0.120. The molecule has 138 valence electrons. The highest BCUT2D eigenvalue weighted by Crippen LogP contribution is 2.23. The molecule has 0 fully saturated rings. The molecule has 0 bridgehead atoms. The van der Waals surface area contributed by atoms with Gasteiger partial charge < -0.3 is 16.0 Å². The number of amides is 1. The van der Waals surface area contributed by atoms with Crippen LogP contribution in [0.2, 0.25) is 0 Å². The van der Waals surface area contributed by atoms with Crippen molar-refractivity contribution in [3.63, 3.8) is 0 Å². The Hall–Kier alpha value is -1.59. The molecule has 0 spiro atoms. The van der Waals surface area contributed by atoms with Gasteiger partial charge in [0.25, 0.3) is 0 Å². The Morgan fingerprint density at radius 2 is 1.72 bits per heavy atom. The topological polar surface area (TPSA) is 58.4 Å². The van der Waals surface area contributed by atoms with E-state index in [1.165, 1.54) is 0 Å². The molecule has 1 amide bonds. The van der Waals surface area contributed by atoms with Crippen molar-refractivity contribution in [2.75, 3.05) is 19.4 Å². The summed E-state index contributed by atoms with van der Waals surface area (Å²) >= 11 is 0. The van der Waals surface area contributed by atoms with Crippen molar-refractivity contribution in [2.45, 2.75) is 25.9 Å². The second-order valence-corrected chi connectivity index (χ2v) is 6.41. The van der Waals surface area contributed by atoms with Gasteiger partial charge in [-0.05, 0) is 50.7 Å². The third-order valence-corrected chi connectivity index (χ3v) is 3.89. The Bertz CT molecular complexity index is 688. The minimum Gasteiger partial charge on any atom is -0.324 e. The molecule has 0 heterocycles. The van der Waals surface area contributed by atoms with Crippen molar-refractivity contribution in [3.8, 4) is 0 Å². The van der Waals surface area contributed by atoms with E-state index in [-0.39, 0.29) is 30.7 Å². The molecule has 1 atom stereocenters. The van der Waals surface area contributed by atoms with Gasteiger partial charge in [-0.15, -0.1) is 24.8 Å². The summed E-state index contributed by atoms with van der Waals surface area (Å²) < 4.78 is 0. The predicted molar refractivity (Wildman–Crippen MR) is 110 cm³/mol. The highest BCUT2D eigenvalue weighted by atomic mass is 35.5. The van der Waals surface area contributed by atoms with Gasteiger partial charge in [0, 0.05) is 12.2 Å². The molecule has 3 N–H and O–H groups in total. The van der Waals surface area contributed by atoms with Crippen LogP contribution in [0, 0.1) is 6.92 Å². The smallest absolute Gasteiger partial charge is 0.248 e. The number of nitrogens with one attached hydrogen (secondary N) is 1. The summed E-state index contributed by atoms with van der Waals surface area (Å²) in [5.74, 6) is -0.214. The summed E-state index contributed by atoms with van der Waals surface area (Å²) in [6.45, 7) is 4.53. The van der Waals surface area contributed by atoms with Gasteiger partial charge in [-0.3, -0.25) is 4.79 Å². The fourth-order valence-electron chi connectivity index (χ4n) is 2.43. The number of carbonyl (C=O) groups is 1. The molecule has 2 aromatic rings. The number of anilines is 1. The zero-order valence-electron chi connectivity index (χ0n) is 15.1. The molecular weight excluding hydrogens is 357 g/mol. The minimum atomic E-state index is -1.08. The number of hydrogen-bond donors (Lipinski definition) is 2. The highest BCUT2D eigenvalue weighted by Gasteiger charge is 2.30. The second-order valence-electron chi connectivity index (χ2n) is 6.41. The number of rotatable bonds is 5. The van der Waals surface area contributed by atoms with Gasteiger partial charge >= 0.3 is 0 Å². The van der Waals surface area contributed by atoms with Crippen LogP contribution in [0.4, 0.5) is 5.69 Å². The van der Waals surface area contributed by atoms with Gasteiger partial charge in [-0.25, -0.2) is 0 Å². The maximum atomic E-state index is 12.7. The zero-order chi connectivity index (χ0) is 17.0. The van der Waals surface area contributed by atoms with Gasteiger partial charge in [0.05, 0.1) is 0 Å². The Kier molecular flexibility index (Phi) is 9.16. The van der Waals surface area contributed by atoms with E-state index in [1.54, 1.807) is 6.92 Å². The number of nitrogens with two attached hydrogens (primary N) is 1. The van der Waals surface area contributed by atoms with Crippen molar-refractivity contribution >= 4 is 36.4 Å². The van der Waals surface area contributed by atoms with Crippen molar-refractivity contribution in [3.05, 3.63) is 65.2 Å². The van der Waals surface area contributed by atoms with Crippen LogP contribution in [0.5, 0.6) is 0 Å². The first-order valence-corrected chi connectivity index (χ1v) is 7.71. The lowest BCUT2D eigenvalue weighted by atomic mass is 9.92. The van der Waals surface area contributed by atoms with Crippen LogP contribution in [0.1, 0.15) is 23.6 Å². The minimum absolute atomic E-state index is 0. The molecule has 2 rings (SSSR count). The molecule has 0 aliphatic heterocycles. The van der Waals surface area contributed by atoms with E-state index in [4.69, 9.17) is 5.73 Å². The lowest BCUT2D eigenvalue weighted by Gasteiger charge is -2.25. The maximum Gasteiger partial charge on any atom is 0.248 e. The van der Waals surface area contributed by atoms with Crippen LogP contribution in [0.15, 0.2) is 48.5 Å². The third-order valence-electron chi connectivity index (χ3n) is 3.89. The monoisotopic (exact) mass is 383 g/mol. The SMILES string of the molecule is Cc1ccc(CN(C)C)cc1NC(=O)C(C)(N)c1ccccc1.Cl.Cl. The van der Waals surface area contributed by atoms with E-state index in [0.717, 1.165) is 28.9 Å². The Labute approximate surface area is 162 Å². The van der Waals surface area contributed by atoms with Crippen LogP contribution in [-0.2, 0) is 16.9 Å². The van der Waals surface area contributed by atoms with Crippen LogP contribution >= 0.6 is 24.8 Å². The number of aryl methyl sites for hydroxylation is 1. The maximum absolute atomic E-state index is 12.7. The standard InChI is InChI=1S/C19H25N3O.2ClH/c1-14-10-11-15(13-22(3)4)12-17(14)21-18(23)19(2,20)16-8-6-5-7-9-16;;/h5-12H,13,20H2,1-4H3,(H,21,23);2*1H. The molecule has 0 aromatic heterocycles. The first kappa shape index (κ1) is 23.4. The molecule has 1 unspecified atom stereocenters. The summed E-state index contributed by atoms with van der Waals surface area (Å²) in [4.78, 5) is 14.8. The number of halogens is 2. The molecule has 0 saturated carbocycles. The number of carbonyl (C=O) groups excluding carboxylic acids is 1. The lowest BCUT2D eigenvalue weighted by Crippen LogP contribution is -2.45. The second kappa shape index (κ2) is 9.78. The van der Waals surface area contributed by atoms with E-state index in [0.29, 0.717) is 0 Å². The van der Waals surface area contributed by atoms with E-state index in [1.807, 2.05) is 63.5 Å². The van der Waals surface area contributed by atoms with Gasteiger partial charge in [-0.1, -0.05) is 42.5 Å². The average Bonchev–Trinajstić information content (AvgIpc) is 2.51. The third kappa shape index (κ3) is 6.01. The average molecular weight is 384 g/mol. The molecule has 2 aromatic carbocycles. The van der Waals surface area contributed by atoms with Crippen molar-refractivity contribution in [1.29, 1.82) is 0 Å². The fraction of sp³-hybridized carbons (Fsp3) is 0.316. The zero-order valence-corrected chi connectivity index (χ0v) is 16.7. The normalized spacial score (nSPS) is 12.6. The number of hydrogen-bond acceptors (Lipinski definition) is 3. The first-order valence-electron chi connectivity index (χ1n) is 7.71. The highest BCUT2D eigenvalue weighted by molar-refractivity contribution is 5.98. The molecule has 25 heavy (non-hydrogen) atoms. The van der Waals surface area contributed by atoms with E-state index >= 15 is 0 Å². The van der Waals surface area contributed by atoms with Crippen LogP contribution in [0.25, 0.3) is 0 Å². The molecule has 0 saturated heterocycles. The largest absolute Gasteiger partial charge is 0.324 e. The molecule has 0 aliphatic rings. The van der Waals surface area contributed by atoms with Crippen LogP contribution < -0.4 is 11.1 Å². The number of benzene rings is 2. The van der Waals surface area contributed by atoms with E-state index in [2.05, 4.69) is 16.3 Å². The van der Waals surface area contributed by atoms with Crippen molar-refractivity contribution < 1.29 is 4.79 Å². The quantitative estimate of drug-likeness (QED) is 0.826. The molecule has 0 aliphatic carbocycles. The summed E-state index contributed by atoms with van der Waals surface area (Å²) in [6.07, 6.45) is 0. The Balaban J connectivity index is 0.00000288. The predicted octanol–water partition coefficient (Wildman–Crippen LogP) is 3.71. The molecule has 4 nitrogen and oxygen atoms in total. The van der Waals surface area contributed by atoms with Gasteiger partial charge in [0.15, 0.2) is 0 Å². The van der Waals surface area contributed by atoms with E-state index in [9.17, 15) is 4.79 Å². The van der Waals surface area contributed by atoms with E-state index < -0.39 is 5.54 Å². The summed E-state index contributed by atoms with van der Waals surface area (Å²) in [5.41, 5.74) is 8.96. The van der Waals surface area contributed by atoms with Crippen LogP contribution in [-0.4, -0.2) is 24.9 Å². The molecular formula is C19H27Cl2N3O. The summed E-state index contributed by atoms with van der Waals surface area (Å²) in [6, 6.07) is 15.5. The van der Waals surface area contributed by atoms with Gasteiger partial charge in [0.2, 0.25) is 5.91 Å². The van der Waals surface area contributed by atoms with Gasteiger partial charge in [-0.2, -0.15) is 0 Å². The first-order chi connectivity index (χ1) is 10.8. The van der Waals surface area contributed by atoms with Gasteiger partial charge in [0.1, 0.15) is 5.54 Å². The van der Waals surface area contributed by atoms with Crippen LogP contribution in [0.3, 0.4) is 0 Å². The Morgan fingerprint density at radius 3 is 2.28 bits per heavy atom. The fourth-order valence-corrected chi connectivity index (χ4v) is 2.43. The molecule has 6 heteroatoms. The Morgan fingerprint density at radius 1 is 1.12 bits per heavy atom. The number of nitrogens with zero attached hydrogens (tertiary/aromatic N) is 1. The molecule has 0 radical (unpaired) electrons. The summed E-state index contributed by atoms with van der Waals surface area (Å²) in [7, 11) is 4.04. The summed E-state index contributed by atoms with van der Waals surface area (Å²) in [5, 5.41) is 2.98. The van der Waals surface area contributed by atoms with Crippen molar-refractivity contribution in [1.82, 2.24) is 4.90 Å². The van der Waals surface area contributed by atoms with Crippen molar-refractivity contribution in [2.24, 2.45) is 5.73 Å².